The van der Waals surface area contributed by atoms with Crippen molar-refractivity contribution in [3.05, 3.63) is 91.0 Å². The summed E-state index contributed by atoms with van der Waals surface area (Å²) in [4.78, 5) is 25.0. The van der Waals surface area contributed by atoms with Crippen molar-refractivity contribution in [3.63, 3.8) is 0 Å². The van der Waals surface area contributed by atoms with Crippen LogP contribution in [0.25, 0.3) is 0 Å². The molecule has 3 N–H and O–H groups in total. The lowest BCUT2D eigenvalue weighted by Crippen LogP contribution is -2.06. The van der Waals surface area contributed by atoms with Gasteiger partial charge in [0.05, 0.1) is 28.0 Å². The molecule has 0 aliphatic carbocycles. The van der Waals surface area contributed by atoms with E-state index in [0.717, 1.165) is 5.69 Å². The third-order valence-corrected chi connectivity index (χ3v) is 5.43. The Hall–Kier alpha value is -4.17. The van der Waals surface area contributed by atoms with Crippen LogP contribution in [-0.4, -0.2) is 32.4 Å². The molecule has 0 aliphatic heterocycles. The highest BCUT2D eigenvalue weighted by Crippen LogP contribution is 2.20. The van der Waals surface area contributed by atoms with Crippen LogP contribution in [0.15, 0.2) is 69.2 Å². The molecule has 1 heterocycles. The average molecular weight is 485 g/mol. The summed E-state index contributed by atoms with van der Waals surface area (Å²) in [5.74, 6) is 0.453. The van der Waals surface area contributed by atoms with Crippen LogP contribution in [0.4, 0.5) is 16.5 Å². The smallest absolute Gasteiger partial charge is 0.270 e. The van der Waals surface area contributed by atoms with E-state index >= 15 is 0 Å². The van der Waals surface area contributed by atoms with Crippen LogP contribution in [0, 0.1) is 20.2 Å². The monoisotopic (exact) mass is 484 g/mol. The predicted molar refractivity (Wildman–Crippen MR) is 130 cm³/mol. The molecule has 3 rings (SSSR count). The number of nitro benzene ring substituents is 2. The summed E-state index contributed by atoms with van der Waals surface area (Å²) in [6, 6.07) is 12.1. The molecule has 0 unspecified atom stereocenters. The third kappa shape index (κ3) is 7.48. The average Bonchev–Trinajstić information content (AvgIpc) is 3.26. The van der Waals surface area contributed by atoms with Gasteiger partial charge in [-0.05, 0) is 0 Å². The Morgan fingerprint density at radius 1 is 1.09 bits per heavy atom. The number of aromatic nitrogens is 1. The van der Waals surface area contributed by atoms with Crippen LogP contribution in [0.1, 0.15) is 16.8 Å². The lowest BCUT2D eigenvalue weighted by molar-refractivity contribution is -0.385. The number of anilines is 1. The molecule has 12 nitrogen and oxygen atoms in total. The highest BCUT2D eigenvalue weighted by molar-refractivity contribution is 8.13. The molecule has 0 saturated carbocycles. The summed E-state index contributed by atoms with van der Waals surface area (Å²) in [6.07, 6.45) is 2.84. The minimum atomic E-state index is -0.485. The fraction of sp³-hybridized carbons (Fsp3) is 0.0526. The van der Waals surface area contributed by atoms with Crippen molar-refractivity contribution in [1.82, 2.24) is 4.98 Å². The SMILES string of the molecule is N/C(=N\N=C/c1cccc([N+](=O)[O-])c1)SCc1csc(N/N=C/c2cccc([N+](=O)[O-])c2)n1. The molecule has 14 heteroatoms. The van der Waals surface area contributed by atoms with E-state index in [1.807, 2.05) is 5.38 Å². The van der Waals surface area contributed by atoms with Gasteiger partial charge in [-0.3, -0.25) is 25.7 Å². The molecule has 0 amide bonds. The molecule has 0 fully saturated rings. The van der Waals surface area contributed by atoms with E-state index < -0.39 is 9.85 Å². The van der Waals surface area contributed by atoms with Crippen molar-refractivity contribution in [2.75, 3.05) is 5.43 Å². The van der Waals surface area contributed by atoms with Crippen LogP contribution in [0.3, 0.4) is 0 Å². The molecule has 2 aromatic carbocycles. The summed E-state index contributed by atoms with van der Waals surface area (Å²) in [5.41, 5.74) is 10.4. The van der Waals surface area contributed by atoms with Crippen LogP contribution in [-0.2, 0) is 5.75 Å². The van der Waals surface area contributed by atoms with Crippen molar-refractivity contribution in [2.45, 2.75) is 5.75 Å². The second kappa shape index (κ2) is 11.4. The zero-order valence-corrected chi connectivity index (χ0v) is 18.4. The summed E-state index contributed by atoms with van der Waals surface area (Å²) in [5, 5.41) is 35.9. The Bertz CT molecular complexity index is 1240. The maximum absolute atomic E-state index is 10.8. The lowest BCUT2D eigenvalue weighted by atomic mass is 10.2. The molecule has 3 aromatic rings. The summed E-state index contributed by atoms with van der Waals surface area (Å²) in [6.45, 7) is 0. The van der Waals surface area contributed by atoms with Crippen LogP contribution < -0.4 is 11.2 Å². The number of nitrogens with zero attached hydrogens (tertiary/aromatic N) is 6. The number of thioether (sulfide) groups is 1. The first kappa shape index (κ1) is 23.5. The second-order valence-electron chi connectivity index (χ2n) is 6.19. The van der Waals surface area contributed by atoms with E-state index in [9.17, 15) is 20.2 Å². The lowest BCUT2D eigenvalue weighted by Gasteiger charge is -1.97. The summed E-state index contributed by atoms with van der Waals surface area (Å²) in [7, 11) is 0. The minimum Gasteiger partial charge on any atom is -0.377 e. The van der Waals surface area contributed by atoms with E-state index in [1.165, 1.54) is 59.8 Å². The molecule has 0 spiro atoms. The Kier molecular flexibility index (Phi) is 8.15. The van der Waals surface area contributed by atoms with Crippen LogP contribution in [0.2, 0.25) is 0 Å². The number of nitro groups is 2. The molecular weight excluding hydrogens is 468 g/mol. The Morgan fingerprint density at radius 2 is 1.73 bits per heavy atom. The van der Waals surface area contributed by atoms with E-state index in [0.29, 0.717) is 22.0 Å². The van der Waals surface area contributed by atoms with Gasteiger partial charge in [0.1, 0.15) is 0 Å². The molecule has 168 valence electrons. The maximum atomic E-state index is 10.8. The number of amidine groups is 1. The van der Waals surface area contributed by atoms with E-state index in [-0.39, 0.29) is 16.5 Å². The first-order valence-electron chi connectivity index (χ1n) is 9.12. The highest BCUT2D eigenvalue weighted by atomic mass is 32.2. The molecule has 0 aliphatic rings. The molecule has 1 aromatic heterocycles. The minimum absolute atomic E-state index is 0.0128. The van der Waals surface area contributed by atoms with Gasteiger partial charge >= 0.3 is 0 Å². The highest BCUT2D eigenvalue weighted by Gasteiger charge is 2.06. The van der Waals surface area contributed by atoms with Crippen molar-refractivity contribution < 1.29 is 9.85 Å². The van der Waals surface area contributed by atoms with Crippen LogP contribution in [0.5, 0.6) is 0 Å². The maximum Gasteiger partial charge on any atom is 0.270 e. The number of hydrogen-bond donors (Lipinski definition) is 2. The van der Waals surface area contributed by atoms with Gasteiger partial charge in [-0.25, -0.2) is 4.98 Å². The van der Waals surface area contributed by atoms with Crippen LogP contribution >= 0.6 is 23.1 Å². The number of nitrogens with one attached hydrogen (secondary N) is 1. The fourth-order valence-corrected chi connectivity index (χ4v) is 3.67. The standard InChI is InChI=1S/C19H16N8O4S2/c20-18(24-21-9-13-3-1-5-16(7-13)26(28)29)32-11-15-12-33-19(23-15)25-22-10-14-4-2-6-17(8-14)27(30)31/h1-10,12H,11H2,(H2,20,24)(H,23,25)/b21-9-,22-10+. The number of benzene rings is 2. The normalized spacial score (nSPS) is 11.8. The molecule has 0 bridgehead atoms. The summed E-state index contributed by atoms with van der Waals surface area (Å²) >= 11 is 2.57. The van der Waals surface area contributed by atoms with E-state index in [4.69, 9.17) is 5.73 Å². The van der Waals surface area contributed by atoms with Gasteiger partial charge in [0, 0.05) is 46.5 Å². The van der Waals surface area contributed by atoms with E-state index in [2.05, 4.69) is 25.7 Å². The van der Waals surface area contributed by atoms with Gasteiger partial charge in [0.2, 0.25) is 5.13 Å². The topological polar surface area (TPSA) is 174 Å². The van der Waals surface area contributed by atoms with Gasteiger partial charge in [0.25, 0.3) is 11.4 Å². The van der Waals surface area contributed by atoms with Gasteiger partial charge < -0.3 is 5.73 Å². The Labute approximate surface area is 195 Å². The molecule has 0 saturated heterocycles. The number of hydrogen-bond acceptors (Lipinski definition) is 11. The zero-order valence-electron chi connectivity index (χ0n) is 16.8. The second-order valence-corrected chi connectivity index (χ2v) is 8.04. The molecular formula is C19H16N8O4S2. The van der Waals surface area contributed by atoms with Crippen molar-refractivity contribution in [2.24, 2.45) is 21.0 Å². The quantitative estimate of drug-likeness (QED) is 0.198. The fourth-order valence-electron chi connectivity index (χ4n) is 2.35. The van der Waals surface area contributed by atoms with Gasteiger partial charge in [-0.15, -0.1) is 16.4 Å². The molecule has 0 atom stereocenters. The number of hydrazone groups is 1. The first-order valence-corrected chi connectivity index (χ1v) is 11.0. The largest absolute Gasteiger partial charge is 0.377 e. The predicted octanol–water partition coefficient (Wildman–Crippen LogP) is 3.99. The number of thiazole rings is 1. The number of nitrogens with two attached hydrogens (primary N) is 1. The van der Waals surface area contributed by atoms with E-state index in [1.54, 1.807) is 24.3 Å². The molecule has 33 heavy (non-hydrogen) atoms. The summed E-state index contributed by atoms with van der Waals surface area (Å²) < 4.78 is 0. The van der Waals surface area contributed by atoms with Gasteiger partial charge in [-0.2, -0.15) is 10.2 Å². The third-order valence-electron chi connectivity index (χ3n) is 3.82. The van der Waals surface area contributed by atoms with Crippen molar-refractivity contribution in [1.29, 1.82) is 0 Å². The zero-order chi connectivity index (χ0) is 23.6. The van der Waals surface area contributed by atoms with Gasteiger partial charge in [0.15, 0.2) is 5.17 Å². The number of rotatable bonds is 9. The van der Waals surface area contributed by atoms with Gasteiger partial charge in [-0.1, -0.05) is 36.0 Å². The van der Waals surface area contributed by atoms with Crippen molar-refractivity contribution in [3.8, 4) is 0 Å². The Morgan fingerprint density at radius 3 is 2.36 bits per heavy atom. The number of non-ortho nitro benzene ring substituents is 2. The van der Waals surface area contributed by atoms with Crippen molar-refractivity contribution >= 4 is 57.2 Å². The first-order chi connectivity index (χ1) is 15.9. The molecule has 0 radical (unpaired) electrons. The Balaban J connectivity index is 1.49.